The highest BCUT2D eigenvalue weighted by atomic mass is 16.4. The van der Waals surface area contributed by atoms with Crippen LogP contribution in [-0.4, -0.2) is 22.2 Å². The van der Waals surface area contributed by atoms with E-state index in [2.05, 4.69) is 13.8 Å². The summed E-state index contributed by atoms with van der Waals surface area (Å²) in [6.07, 6.45) is 4.48. The highest BCUT2D eigenvalue weighted by molar-refractivity contribution is 5.67. The minimum Gasteiger partial charge on any atom is -0.481 e. The van der Waals surface area contributed by atoms with Gasteiger partial charge in [-0.3, -0.25) is 9.59 Å². The monoisotopic (exact) mass is 260 g/mol. The SMILES string of the molecule is CCC(C)CCC(=O)O.CCC(CC)CC(=O)O. The first kappa shape index (κ1) is 19.3. The number of carboxylic acid groups (broad SMARTS) is 2. The molecule has 2 N–H and O–H groups in total. The van der Waals surface area contributed by atoms with Gasteiger partial charge in [-0.2, -0.15) is 0 Å². The predicted octanol–water partition coefficient (Wildman–Crippen LogP) is 3.79. The van der Waals surface area contributed by atoms with Crippen molar-refractivity contribution in [2.24, 2.45) is 11.8 Å². The van der Waals surface area contributed by atoms with E-state index in [4.69, 9.17) is 10.2 Å². The highest BCUT2D eigenvalue weighted by Crippen LogP contribution is 2.11. The van der Waals surface area contributed by atoms with Gasteiger partial charge in [0.25, 0.3) is 0 Å². The van der Waals surface area contributed by atoms with Crippen molar-refractivity contribution in [3.8, 4) is 0 Å². The molecule has 0 rings (SSSR count). The van der Waals surface area contributed by atoms with Crippen LogP contribution < -0.4 is 0 Å². The fourth-order valence-corrected chi connectivity index (χ4v) is 1.40. The van der Waals surface area contributed by atoms with Gasteiger partial charge in [0.05, 0.1) is 0 Å². The van der Waals surface area contributed by atoms with Crippen LogP contribution in [0.15, 0.2) is 0 Å². The van der Waals surface area contributed by atoms with Crippen molar-refractivity contribution >= 4 is 11.9 Å². The Morgan fingerprint density at radius 3 is 1.67 bits per heavy atom. The van der Waals surface area contributed by atoms with Crippen LogP contribution in [0.5, 0.6) is 0 Å². The molecule has 0 aromatic heterocycles. The van der Waals surface area contributed by atoms with E-state index in [-0.39, 0.29) is 0 Å². The third-order valence-electron chi connectivity index (χ3n) is 3.17. The minimum atomic E-state index is -0.685. The largest absolute Gasteiger partial charge is 0.481 e. The van der Waals surface area contributed by atoms with E-state index in [1.165, 1.54) is 0 Å². The summed E-state index contributed by atoms with van der Waals surface area (Å²) < 4.78 is 0. The summed E-state index contributed by atoms with van der Waals surface area (Å²) in [6, 6.07) is 0. The molecular weight excluding hydrogens is 232 g/mol. The Morgan fingerprint density at radius 2 is 1.44 bits per heavy atom. The van der Waals surface area contributed by atoms with Gasteiger partial charge in [0, 0.05) is 12.8 Å². The van der Waals surface area contributed by atoms with E-state index in [0.29, 0.717) is 24.7 Å². The molecule has 4 heteroatoms. The van der Waals surface area contributed by atoms with Gasteiger partial charge in [0.2, 0.25) is 0 Å². The van der Waals surface area contributed by atoms with E-state index in [9.17, 15) is 9.59 Å². The lowest BCUT2D eigenvalue weighted by molar-refractivity contribution is -0.138. The average Bonchev–Trinajstić information content (AvgIpc) is 2.33. The standard InChI is InChI=1S/2C7H14O2/c1-3-6(2)4-5-7(8)9;1-3-6(4-2)5-7(8)9/h2*6H,3-5H2,1-2H3,(H,8,9). The van der Waals surface area contributed by atoms with E-state index < -0.39 is 11.9 Å². The molecule has 108 valence electrons. The molecule has 0 radical (unpaired) electrons. The van der Waals surface area contributed by atoms with Crippen molar-refractivity contribution in [3.63, 3.8) is 0 Å². The first-order valence-corrected chi connectivity index (χ1v) is 6.80. The molecule has 0 bridgehead atoms. The molecule has 0 aliphatic rings. The first-order chi connectivity index (χ1) is 8.37. The number of rotatable bonds is 8. The van der Waals surface area contributed by atoms with Crippen LogP contribution >= 0.6 is 0 Å². The number of carbonyl (C=O) groups is 2. The van der Waals surface area contributed by atoms with Crippen molar-refractivity contribution in [3.05, 3.63) is 0 Å². The maximum absolute atomic E-state index is 10.1. The lowest BCUT2D eigenvalue weighted by atomic mass is 10.00. The smallest absolute Gasteiger partial charge is 0.303 e. The molecule has 0 spiro atoms. The molecule has 0 saturated carbocycles. The molecule has 0 aromatic rings. The quantitative estimate of drug-likeness (QED) is 0.696. The Hall–Kier alpha value is -1.06. The Bertz CT molecular complexity index is 222. The predicted molar refractivity (Wildman–Crippen MR) is 72.6 cm³/mol. The van der Waals surface area contributed by atoms with Crippen molar-refractivity contribution in [1.29, 1.82) is 0 Å². The summed E-state index contributed by atoms with van der Waals surface area (Å²) in [4.78, 5) is 20.1. The van der Waals surface area contributed by atoms with E-state index in [1.54, 1.807) is 0 Å². The second-order valence-corrected chi connectivity index (χ2v) is 4.73. The molecule has 0 fully saturated rings. The Morgan fingerprint density at radius 1 is 0.944 bits per heavy atom. The van der Waals surface area contributed by atoms with Crippen molar-refractivity contribution in [1.82, 2.24) is 0 Å². The van der Waals surface area contributed by atoms with Gasteiger partial charge in [0.1, 0.15) is 0 Å². The number of aliphatic carboxylic acids is 2. The van der Waals surface area contributed by atoms with Gasteiger partial charge in [-0.1, -0.05) is 47.0 Å². The van der Waals surface area contributed by atoms with Gasteiger partial charge >= 0.3 is 11.9 Å². The summed E-state index contributed by atoms with van der Waals surface area (Å²) in [7, 11) is 0. The highest BCUT2D eigenvalue weighted by Gasteiger charge is 2.07. The minimum absolute atomic E-state index is 0.314. The normalized spacial score (nSPS) is 11.6. The molecule has 0 aliphatic heterocycles. The maximum Gasteiger partial charge on any atom is 0.303 e. The second kappa shape index (κ2) is 12.4. The van der Waals surface area contributed by atoms with Gasteiger partial charge in [-0.25, -0.2) is 0 Å². The number of carboxylic acids is 2. The summed E-state index contributed by atoms with van der Waals surface area (Å²) in [5.74, 6) is -0.428. The molecule has 0 amide bonds. The van der Waals surface area contributed by atoms with Gasteiger partial charge in [0.15, 0.2) is 0 Å². The summed E-state index contributed by atoms with van der Waals surface area (Å²) in [6.45, 7) is 8.20. The molecule has 1 unspecified atom stereocenters. The number of hydrogen-bond donors (Lipinski definition) is 2. The molecule has 0 aromatic carbocycles. The molecule has 1 atom stereocenters. The Kier molecular flexibility index (Phi) is 13.3. The van der Waals surface area contributed by atoms with Crippen LogP contribution in [0.4, 0.5) is 0 Å². The van der Waals surface area contributed by atoms with Crippen LogP contribution in [-0.2, 0) is 9.59 Å². The van der Waals surface area contributed by atoms with Gasteiger partial charge < -0.3 is 10.2 Å². The van der Waals surface area contributed by atoms with Crippen LogP contribution in [0.2, 0.25) is 0 Å². The zero-order chi connectivity index (χ0) is 14.6. The maximum atomic E-state index is 10.1. The van der Waals surface area contributed by atoms with E-state index >= 15 is 0 Å². The zero-order valence-electron chi connectivity index (χ0n) is 12.1. The molecule has 0 aliphatic carbocycles. The van der Waals surface area contributed by atoms with E-state index in [0.717, 1.165) is 25.7 Å². The zero-order valence-corrected chi connectivity index (χ0v) is 12.1. The lowest BCUT2D eigenvalue weighted by Gasteiger charge is -2.06. The Balaban J connectivity index is 0. The molecule has 18 heavy (non-hydrogen) atoms. The van der Waals surface area contributed by atoms with Crippen molar-refractivity contribution in [2.45, 2.75) is 66.2 Å². The second-order valence-electron chi connectivity index (χ2n) is 4.73. The number of hydrogen-bond acceptors (Lipinski definition) is 2. The van der Waals surface area contributed by atoms with Gasteiger partial charge in [-0.15, -0.1) is 0 Å². The lowest BCUT2D eigenvalue weighted by Crippen LogP contribution is -2.05. The fourth-order valence-electron chi connectivity index (χ4n) is 1.40. The van der Waals surface area contributed by atoms with Crippen LogP contribution in [0.1, 0.15) is 66.2 Å². The van der Waals surface area contributed by atoms with Crippen LogP contribution in [0.3, 0.4) is 0 Å². The molecule has 0 saturated heterocycles. The third-order valence-corrected chi connectivity index (χ3v) is 3.17. The molecule has 4 nitrogen and oxygen atoms in total. The summed E-state index contributed by atoms with van der Waals surface area (Å²) in [5.41, 5.74) is 0. The van der Waals surface area contributed by atoms with Crippen molar-refractivity contribution < 1.29 is 19.8 Å². The molecule has 0 heterocycles. The topological polar surface area (TPSA) is 74.6 Å². The van der Waals surface area contributed by atoms with E-state index in [1.807, 2.05) is 13.8 Å². The fraction of sp³-hybridized carbons (Fsp3) is 0.857. The summed E-state index contributed by atoms with van der Waals surface area (Å²) >= 11 is 0. The van der Waals surface area contributed by atoms with Crippen molar-refractivity contribution in [2.75, 3.05) is 0 Å². The molecular formula is C14H28O4. The van der Waals surface area contributed by atoms with Crippen LogP contribution in [0.25, 0.3) is 0 Å². The average molecular weight is 260 g/mol. The first-order valence-electron chi connectivity index (χ1n) is 6.80. The van der Waals surface area contributed by atoms with Gasteiger partial charge in [-0.05, 0) is 18.3 Å². The Labute approximate surface area is 110 Å². The van der Waals surface area contributed by atoms with Crippen LogP contribution in [0, 0.1) is 11.8 Å². The third kappa shape index (κ3) is 14.9. The summed E-state index contributed by atoms with van der Waals surface area (Å²) in [5, 5.41) is 16.6.